The van der Waals surface area contributed by atoms with E-state index in [0.29, 0.717) is 16.9 Å². The summed E-state index contributed by atoms with van der Waals surface area (Å²) in [5, 5.41) is 17.4. The number of hydrogen-bond acceptors (Lipinski definition) is 4. The molecule has 1 fully saturated rings. The molecule has 0 heterocycles. The highest BCUT2D eigenvalue weighted by Crippen LogP contribution is 2.25. The number of nitrogens with zero attached hydrogens (tertiary/aromatic N) is 1. The number of phenolic OH excluding ortho intramolecular Hbond substituents is 1. The molecule has 1 aromatic carbocycles. The Morgan fingerprint density at radius 2 is 2.14 bits per heavy atom. The summed E-state index contributed by atoms with van der Waals surface area (Å²) in [6, 6.07) is 5.49. The summed E-state index contributed by atoms with van der Waals surface area (Å²) in [4.78, 5) is 0. The van der Waals surface area contributed by atoms with Crippen molar-refractivity contribution in [3.8, 4) is 11.5 Å². The molecule has 5 nitrogen and oxygen atoms in total. The van der Waals surface area contributed by atoms with Crippen molar-refractivity contribution in [1.29, 1.82) is 0 Å². The minimum absolute atomic E-state index is 0.108. The van der Waals surface area contributed by atoms with Gasteiger partial charge in [0.2, 0.25) is 0 Å². The maximum atomic E-state index is 9.51. The molecule has 1 saturated carbocycles. The lowest BCUT2D eigenvalue weighted by Gasteiger charge is -2.23. The van der Waals surface area contributed by atoms with E-state index in [4.69, 9.17) is 17.0 Å². The quantitative estimate of drug-likeness (QED) is 0.453. The number of aromatic hydroxyl groups is 1. The van der Waals surface area contributed by atoms with Gasteiger partial charge in [0.1, 0.15) is 0 Å². The standard InChI is InChI=1S/C15H21N3O2S/c1-20-14-9-11(7-8-13(14)19)10-16-18-15(21)17-12-5-3-2-4-6-12/h7-10,12,19H,2-6H2,1H3,(H2,17,18,21)/b16-10-. The van der Waals surface area contributed by atoms with Crippen LogP contribution in [0.3, 0.4) is 0 Å². The number of nitrogens with one attached hydrogen (secondary N) is 2. The highest BCUT2D eigenvalue weighted by atomic mass is 32.1. The molecule has 21 heavy (non-hydrogen) atoms. The number of rotatable bonds is 4. The molecule has 3 N–H and O–H groups in total. The van der Waals surface area contributed by atoms with Crippen molar-refractivity contribution in [1.82, 2.24) is 10.7 Å². The minimum atomic E-state index is 0.108. The van der Waals surface area contributed by atoms with Gasteiger partial charge in [-0.1, -0.05) is 19.3 Å². The molecule has 0 bridgehead atoms. The first-order chi connectivity index (χ1) is 10.2. The van der Waals surface area contributed by atoms with Crippen LogP contribution in [0.4, 0.5) is 0 Å². The number of benzene rings is 1. The van der Waals surface area contributed by atoms with Crippen LogP contribution in [0.5, 0.6) is 11.5 Å². The summed E-state index contributed by atoms with van der Waals surface area (Å²) in [7, 11) is 1.51. The van der Waals surface area contributed by atoms with Crippen LogP contribution in [0, 0.1) is 0 Å². The lowest BCUT2D eigenvalue weighted by Crippen LogP contribution is -2.40. The zero-order valence-corrected chi connectivity index (χ0v) is 12.9. The van der Waals surface area contributed by atoms with Gasteiger partial charge >= 0.3 is 0 Å². The van der Waals surface area contributed by atoms with Crippen molar-refractivity contribution >= 4 is 23.5 Å². The van der Waals surface area contributed by atoms with Crippen molar-refractivity contribution < 1.29 is 9.84 Å². The second-order valence-corrected chi connectivity index (χ2v) is 5.52. The summed E-state index contributed by atoms with van der Waals surface area (Å²) >= 11 is 5.22. The van der Waals surface area contributed by atoms with E-state index >= 15 is 0 Å². The van der Waals surface area contributed by atoms with E-state index in [1.165, 1.54) is 39.2 Å². The predicted molar refractivity (Wildman–Crippen MR) is 88.0 cm³/mol. The second kappa shape index (κ2) is 7.83. The van der Waals surface area contributed by atoms with Crippen molar-refractivity contribution in [3.63, 3.8) is 0 Å². The van der Waals surface area contributed by atoms with Gasteiger partial charge in [0, 0.05) is 6.04 Å². The normalized spacial score (nSPS) is 15.9. The number of methoxy groups -OCH3 is 1. The van der Waals surface area contributed by atoms with Crippen LogP contribution in [0.15, 0.2) is 23.3 Å². The van der Waals surface area contributed by atoms with Gasteiger partial charge in [-0.05, 0) is 48.8 Å². The predicted octanol–water partition coefficient (Wildman–Crippen LogP) is 2.53. The van der Waals surface area contributed by atoms with Crippen molar-refractivity contribution in [2.24, 2.45) is 5.10 Å². The van der Waals surface area contributed by atoms with E-state index in [-0.39, 0.29) is 5.75 Å². The summed E-state index contributed by atoms with van der Waals surface area (Å²) in [5.41, 5.74) is 3.63. The van der Waals surface area contributed by atoms with Crippen LogP contribution in [-0.2, 0) is 0 Å². The summed E-state index contributed by atoms with van der Waals surface area (Å²) in [6.45, 7) is 0. The van der Waals surface area contributed by atoms with Gasteiger partial charge in [-0.15, -0.1) is 0 Å². The van der Waals surface area contributed by atoms with Gasteiger partial charge in [0.05, 0.1) is 13.3 Å². The number of ether oxygens (including phenoxy) is 1. The molecule has 6 heteroatoms. The van der Waals surface area contributed by atoms with Gasteiger partial charge in [-0.25, -0.2) is 0 Å². The van der Waals surface area contributed by atoms with Crippen LogP contribution in [-0.4, -0.2) is 29.6 Å². The smallest absolute Gasteiger partial charge is 0.187 e. The molecule has 0 aromatic heterocycles. The molecule has 1 aliphatic carbocycles. The lowest BCUT2D eigenvalue weighted by atomic mass is 9.96. The van der Waals surface area contributed by atoms with Crippen LogP contribution < -0.4 is 15.5 Å². The Labute approximate surface area is 130 Å². The first kappa shape index (κ1) is 15.6. The maximum Gasteiger partial charge on any atom is 0.187 e. The Morgan fingerprint density at radius 3 is 2.86 bits per heavy atom. The van der Waals surface area contributed by atoms with Gasteiger partial charge in [0.15, 0.2) is 16.6 Å². The topological polar surface area (TPSA) is 65.9 Å². The first-order valence-corrected chi connectivity index (χ1v) is 7.56. The van der Waals surface area contributed by atoms with E-state index in [1.54, 1.807) is 24.4 Å². The van der Waals surface area contributed by atoms with Crippen molar-refractivity contribution in [2.75, 3.05) is 7.11 Å². The number of thiocarbonyl (C=S) groups is 1. The summed E-state index contributed by atoms with van der Waals surface area (Å²) in [5.74, 6) is 0.527. The third-order valence-corrected chi connectivity index (χ3v) is 3.73. The average Bonchev–Trinajstić information content (AvgIpc) is 2.50. The zero-order chi connectivity index (χ0) is 15.1. The monoisotopic (exact) mass is 307 g/mol. The Kier molecular flexibility index (Phi) is 5.80. The molecule has 0 radical (unpaired) electrons. The molecule has 0 saturated heterocycles. The van der Waals surface area contributed by atoms with E-state index in [1.807, 2.05) is 0 Å². The first-order valence-electron chi connectivity index (χ1n) is 7.15. The molecule has 0 amide bonds. The highest BCUT2D eigenvalue weighted by Gasteiger charge is 2.13. The minimum Gasteiger partial charge on any atom is -0.504 e. The fourth-order valence-corrected chi connectivity index (χ4v) is 2.62. The molecule has 0 unspecified atom stereocenters. The third kappa shape index (κ3) is 4.90. The molecular weight excluding hydrogens is 286 g/mol. The van der Waals surface area contributed by atoms with Crippen molar-refractivity contribution in [3.05, 3.63) is 23.8 Å². The van der Waals surface area contributed by atoms with E-state index in [2.05, 4.69) is 15.8 Å². The number of phenols is 1. The SMILES string of the molecule is COc1cc(/C=N\NC(=S)NC2CCCCC2)ccc1O. The van der Waals surface area contributed by atoms with Gasteiger partial charge < -0.3 is 15.2 Å². The van der Waals surface area contributed by atoms with Gasteiger partial charge in [-0.2, -0.15) is 5.10 Å². The van der Waals surface area contributed by atoms with Crippen LogP contribution in [0.25, 0.3) is 0 Å². The van der Waals surface area contributed by atoms with Crippen LogP contribution in [0.1, 0.15) is 37.7 Å². The number of hydrogen-bond donors (Lipinski definition) is 3. The van der Waals surface area contributed by atoms with Gasteiger partial charge in [0.25, 0.3) is 0 Å². The molecular formula is C15H21N3O2S. The molecule has 2 rings (SSSR count). The Hall–Kier alpha value is -1.82. The largest absolute Gasteiger partial charge is 0.504 e. The van der Waals surface area contributed by atoms with Crippen LogP contribution in [0.2, 0.25) is 0 Å². The summed E-state index contributed by atoms with van der Waals surface area (Å²) < 4.78 is 5.04. The van der Waals surface area contributed by atoms with Crippen molar-refractivity contribution in [2.45, 2.75) is 38.1 Å². The fourth-order valence-electron chi connectivity index (χ4n) is 2.40. The maximum absolute atomic E-state index is 9.51. The molecule has 1 aliphatic rings. The van der Waals surface area contributed by atoms with Gasteiger partial charge in [-0.3, -0.25) is 5.43 Å². The Bertz CT molecular complexity index is 514. The summed E-state index contributed by atoms with van der Waals surface area (Å²) in [6.07, 6.45) is 7.81. The zero-order valence-electron chi connectivity index (χ0n) is 12.1. The Morgan fingerprint density at radius 1 is 1.38 bits per heavy atom. The van der Waals surface area contributed by atoms with E-state index < -0.39 is 0 Å². The van der Waals surface area contributed by atoms with E-state index in [0.717, 1.165) is 5.56 Å². The molecule has 0 aliphatic heterocycles. The lowest BCUT2D eigenvalue weighted by molar-refractivity contribution is 0.373. The number of hydrazone groups is 1. The second-order valence-electron chi connectivity index (χ2n) is 5.11. The highest BCUT2D eigenvalue weighted by molar-refractivity contribution is 7.80. The van der Waals surface area contributed by atoms with Crippen LogP contribution >= 0.6 is 12.2 Å². The molecule has 1 aromatic rings. The molecule has 0 atom stereocenters. The Balaban J connectivity index is 1.82. The molecule has 0 spiro atoms. The third-order valence-electron chi connectivity index (χ3n) is 3.52. The fraction of sp³-hybridized carbons (Fsp3) is 0.467. The average molecular weight is 307 g/mol. The van der Waals surface area contributed by atoms with E-state index in [9.17, 15) is 5.11 Å². The molecule has 114 valence electrons.